The Morgan fingerprint density at radius 1 is 1.39 bits per heavy atom. The van der Waals surface area contributed by atoms with E-state index in [4.69, 9.17) is 0 Å². The van der Waals surface area contributed by atoms with Crippen LogP contribution in [0.25, 0.3) is 0 Å². The van der Waals surface area contributed by atoms with E-state index in [0.717, 1.165) is 9.88 Å². The summed E-state index contributed by atoms with van der Waals surface area (Å²) in [6, 6.07) is 1.67. The van der Waals surface area contributed by atoms with Crippen LogP contribution in [-0.2, 0) is 6.54 Å². The first kappa shape index (κ1) is 12.4. The highest BCUT2D eigenvalue weighted by Crippen LogP contribution is 2.19. The maximum atomic E-state index is 10.7. The van der Waals surface area contributed by atoms with Gasteiger partial charge in [-0.1, -0.05) is 0 Å². The molecular weight excluding hydrogens is 252 g/mol. The van der Waals surface area contributed by atoms with Gasteiger partial charge in [0, 0.05) is 16.6 Å². The van der Waals surface area contributed by atoms with Gasteiger partial charge < -0.3 is 5.32 Å². The van der Waals surface area contributed by atoms with Crippen LogP contribution < -0.4 is 5.32 Å². The number of nitrogens with zero attached hydrogens (tertiary/aromatic N) is 3. The van der Waals surface area contributed by atoms with E-state index in [1.54, 1.807) is 24.3 Å². The van der Waals surface area contributed by atoms with Crippen LogP contribution in [-0.4, -0.2) is 14.9 Å². The Morgan fingerprint density at radius 3 is 2.72 bits per heavy atom. The summed E-state index contributed by atoms with van der Waals surface area (Å²) in [6.07, 6.45) is 3.08. The molecule has 0 atom stereocenters. The fraction of sp³-hybridized carbons (Fsp3) is 0.273. The monoisotopic (exact) mass is 264 g/mol. The van der Waals surface area contributed by atoms with Crippen molar-refractivity contribution in [1.29, 1.82) is 0 Å². The van der Waals surface area contributed by atoms with Crippen LogP contribution in [0.5, 0.6) is 0 Å². The first-order chi connectivity index (χ1) is 8.56. The molecule has 7 heteroatoms. The van der Waals surface area contributed by atoms with Crippen molar-refractivity contribution >= 4 is 22.8 Å². The number of pyridine rings is 1. The average molecular weight is 264 g/mol. The lowest BCUT2D eigenvalue weighted by Gasteiger charge is -2.04. The molecule has 0 radical (unpaired) electrons. The molecule has 0 spiro atoms. The Hall–Kier alpha value is -2.02. The molecule has 2 heterocycles. The zero-order valence-corrected chi connectivity index (χ0v) is 10.8. The minimum absolute atomic E-state index is 0.0330. The number of thiazole rings is 1. The molecule has 2 aromatic heterocycles. The molecule has 0 saturated carbocycles. The van der Waals surface area contributed by atoms with Gasteiger partial charge in [-0.25, -0.2) is 9.97 Å². The third-order valence-electron chi connectivity index (χ3n) is 2.37. The highest BCUT2D eigenvalue weighted by atomic mass is 32.1. The number of anilines is 1. The van der Waals surface area contributed by atoms with Crippen molar-refractivity contribution in [2.45, 2.75) is 20.4 Å². The summed E-state index contributed by atoms with van der Waals surface area (Å²) < 4.78 is 0. The molecule has 0 aromatic carbocycles. The molecule has 0 amide bonds. The summed E-state index contributed by atoms with van der Waals surface area (Å²) in [4.78, 5) is 19.6. The van der Waals surface area contributed by atoms with Crippen LogP contribution in [0.1, 0.15) is 15.4 Å². The van der Waals surface area contributed by atoms with E-state index in [9.17, 15) is 10.1 Å². The van der Waals surface area contributed by atoms with Crippen molar-refractivity contribution in [3.8, 4) is 0 Å². The molecule has 0 bridgehead atoms. The maximum absolute atomic E-state index is 10.7. The zero-order valence-electron chi connectivity index (χ0n) is 10.0. The third kappa shape index (κ3) is 2.80. The van der Waals surface area contributed by atoms with E-state index in [-0.39, 0.29) is 5.69 Å². The molecule has 1 N–H and O–H groups in total. The van der Waals surface area contributed by atoms with Crippen molar-refractivity contribution in [3.63, 3.8) is 0 Å². The number of rotatable bonds is 4. The van der Waals surface area contributed by atoms with E-state index in [0.29, 0.717) is 17.9 Å². The Labute approximate surface area is 108 Å². The molecule has 0 unspecified atom stereocenters. The van der Waals surface area contributed by atoms with Gasteiger partial charge in [0.25, 0.3) is 5.69 Å². The summed E-state index contributed by atoms with van der Waals surface area (Å²) in [5, 5.41) is 14.7. The van der Waals surface area contributed by atoms with Gasteiger partial charge in [0.1, 0.15) is 17.0 Å². The fourth-order valence-corrected chi connectivity index (χ4v) is 2.21. The first-order valence-corrected chi connectivity index (χ1v) is 6.14. The van der Waals surface area contributed by atoms with Gasteiger partial charge >= 0.3 is 0 Å². The smallest absolute Gasteiger partial charge is 0.290 e. The Morgan fingerprint density at radius 2 is 2.17 bits per heavy atom. The summed E-state index contributed by atoms with van der Waals surface area (Å²) in [7, 11) is 0. The molecule has 18 heavy (non-hydrogen) atoms. The van der Waals surface area contributed by atoms with Crippen LogP contribution in [0.4, 0.5) is 11.5 Å². The third-order valence-corrected chi connectivity index (χ3v) is 3.28. The second-order valence-corrected chi connectivity index (χ2v) is 5.15. The maximum Gasteiger partial charge on any atom is 0.290 e. The summed E-state index contributed by atoms with van der Waals surface area (Å²) in [6.45, 7) is 4.26. The van der Waals surface area contributed by atoms with Crippen LogP contribution in [0, 0.1) is 24.0 Å². The summed E-state index contributed by atoms with van der Waals surface area (Å²) in [5.74, 6) is 0.617. The molecule has 2 aromatic rings. The second-order valence-electron chi connectivity index (χ2n) is 3.83. The fourth-order valence-electron chi connectivity index (χ4n) is 1.49. The molecule has 0 saturated heterocycles. The number of hydrogen-bond acceptors (Lipinski definition) is 6. The number of hydrogen-bond donors (Lipinski definition) is 1. The van der Waals surface area contributed by atoms with Gasteiger partial charge in [0.15, 0.2) is 0 Å². The SMILES string of the molecule is Cc1cnc(CNc2cc(C)c([N+](=O)[O-])cn2)s1. The van der Waals surface area contributed by atoms with E-state index >= 15 is 0 Å². The lowest BCUT2D eigenvalue weighted by molar-refractivity contribution is -0.385. The van der Waals surface area contributed by atoms with E-state index < -0.39 is 4.92 Å². The van der Waals surface area contributed by atoms with Crippen LogP contribution in [0.3, 0.4) is 0 Å². The number of aryl methyl sites for hydroxylation is 2. The van der Waals surface area contributed by atoms with Gasteiger partial charge in [-0.15, -0.1) is 11.3 Å². The topological polar surface area (TPSA) is 81.0 Å². The van der Waals surface area contributed by atoms with Crippen LogP contribution >= 0.6 is 11.3 Å². The molecular formula is C11H12N4O2S. The minimum atomic E-state index is -0.434. The van der Waals surface area contributed by atoms with Crippen LogP contribution in [0.15, 0.2) is 18.5 Å². The van der Waals surface area contributed by atoms with Crippen molar-refractivity contribution in [1.82, 2.24) is 9.97 Å². The average Bonchev–Trinajstić information content (AvgIpc) is 2.72. The van der Waals surface area contributed by atoms with E-state index in [2.05, 4.69) is 15.3 Å². The lowest BCUT2D eigenvalue weighted by atomic mass is 10.2. The van der Waals surface area contributed by atoms with Gasteiger partial charge in [-0.3, -0.25) is 10.1 Å². The molecule has 2 rings (SSSR count). The molecule has 94 valence electrons. The van der Waals surface area contributed by atoms with Gasteiger partial charge in [0.05, 0.1) is 11.5 Å². The van der Waals surface area contributed by atoms with Crippen molar-refractivity contribution in [3.05, 3.63) is 44.0 Å². The zero-order chi connectivity index (χ0) is 13.1. The van der Waals surface area contributed by atoms with Crippen molar-refractivity contribution in [2.24, 2.45) is 0 Å². The second kappa shape index (κ2) is 5.09. The van der Waals surface area contributed by atoms with E-state index in [1.807, 2.05) is 13.1 Å². The Kier molecular flexibility index (Phi) is 3.52. The largest absolute Gasteiger partial charge is 0.364 e. The predicted octanol–water partition coefficient (Wildman–Crippen LogP) is 2.68. The van der Waals surface area contributed by atoms with Crippen LogP contribution in [0.2, 0.25) is 0 Å². The van der Waals surface area contributed by atoms with Gasteiger partial charge in [0.2, 0.25) is 0 Å². The van der Waals surface area contributed by atoms with Gasteiger partial charge in [-0.05, 0) is 19.9 Å². The normalized spacial score (nSPS) is 10.3. The van der Waals surface area contributed by atoms with E-state index in [1.165, 1.54) is 6.20 Å². The quantitative estimate of drug-likeness (QED) is 0.678. The van der Waals surface area contributed by atoms with Crippen molar-refractivity contribution in [2.75, 3.05) is 5.32 Å². The predicted molar refractivity (Wildman–Crippen MR) is 69.8 cm³/mol. The Bertz CT molecular complexity index is 582. The summed E-state index contributed by atoms with van der Waals surface area (Å²) in [5.41, 5.74) is 0.624. The number of nitrogens with one attached hydrogen (secondary N) is 1. The molecule has 0 fully saturated rings. The Balaban J connectivity index is 2.06. The molecule has 0 aliphatic rings. The highest BCUT2D eigenvalue weighted by molar-refractivity contribution is 7.11. The number of aromatic nitrogens is 2. The molecule has 0 aliphatic heterocycles. The van der Waals surface area contributed by atoms with Crippen molar-refractivity contribution < 1.29 is 4.92 Å². The minimum Gasteiger partial charge on any atom is -0.364 e. The molecule has 0 aliphatic carbocycles. The highest BCUT2D eigenvalue weighted by Gasteiger charge is 2.11. The standard InChI is InChI=1S/C11H12N4O2S/c1-7-3-10(12-5-9(7)15(16)17)13-6-11-14-4-8(2)18-11/h3-5H,6H2,1-2H3,(H,12,13). The van der Waals surface area contributed by atoms with Gasteiger partial charge in [-0.2, -0.15) is 0 Å². The first-order valence-electron chi connectivity index (χ1n) is 5.32. The number of nitro groups is 1. The summed E-state index contributed by atoms with van der Waals surface area (Å²) >= 11 is 1.61. The molecule has 6 nitrogen and oxygen atoms in total. The lowest BCUT2D eigenvalue weighted by Crippen LogP contribution is -2.02.